The van der Waals surface area contributed by atoms with Crippen LogP contribution in [0.15, 0.2) is 30.5 Å². The summed E-state index contributed by atoms with van der Waals surface area (Å²) in [6.45, 7) is 6.69. The molecule has 1 saturated carbocycles. The first kappa shape index (κ1) is 16.4. The molecule has 4 heteroatoms. The highest BCUT2D eigenvalue weighted by atomic mass is 16.2. The number of amides is 1. The molecule has 0 unspecified atom stereocenters. The summed E-state index contributed by atoms with van der Waals surface area (Å²) in [7, 11) is 0. The number of benzene rings is 1. The summed E-state index contributed by atoms with van der Waals surface area (Å²) in [5, 5.41) is 8.02. The van der Waals surface area contributed by atoms with Gasteiger partial charge in [0.05, 0.1) is 23.6 Å². The predicted molar refractivity (Wildman–Crippen MR) is 98.6 cm³/mol. The largest absolute Gasteiger partial charge is 0.349 e. The minimum Gasteiger partial charge on any atom is -0.349 e. The maximum absolute atomic E-state index is 12.5. The van der Waals surface area contributed by atoms with E-state index in [9.17, 15) is 4.79 Å². The Morgan fingerprint density at radius 2 is 2.04 bits per heavy atom. The highest BCUT2D eigenvalue weighted by Gasteiger charge is 2.37. The van der Waals surface area contributed by atoms with Crippen molar-refractivity contribution in [3.05, 3.63) is 47.3 Å². The molecule has 1 N–H and O–H groups in total. The second-order valence-electron chi connectivity index (χ2n) is 8.48. The third-order valence-corrected chi connectivity index (χ3v) is 5.82. The van der Waals surface area contributed by atoms with Crippen LogP contribution in [0.2, 0.25) is 0 Å². The number of carbonyl (C=O) groups excluding carboxylic acids is 1. The first-order chi connectivity index (χ1) is 11.9. The Balaban J connectivity index is 1.69. The molecule has 1 atom stereocenters. The highest BCUT2D eigenvalue weighted by Crippen LogP contribution is 2.42. The molecule has 0 saturated heterocycles. The van der Waals surface area contributed by atoms with Crippen molar-refractivity contribution < 1.29 is 4.79 Å². The van der Waals surface area contributed by atoms with E-state index in [1.807, 2.05) is 6.20 Å². The Kier molecular flexibility index (Phi) is 3.94. The fourth-order valence-electron chi connectivity index (χ4n) is 4.14. The highest BCUT2D eigenvalue weighted by molar-refractivity contribution is 5.80. The minimum absolute atomic E-state index is 0.0737. The Morgan fingerprint density at radius 3 is 2.72 bits per heavy atom. The first-order valence-corrected chi connectivity index (χ1v) is 9.38. The number of nitrogens with zero attached hydrogens (tertiary/aromatic N) is 2. The lowest BCUT2D eigenvalue weighted by Crippen LogP contribution is -2.41. The number of hydrogen-bond donors (Lipinski definition) is 1. The molecule has 1 amide bonds. The van der Waals surface area contributed by atoms with E-state index in [1.54, 1.807) is 0 Å². The average Bonchev–Trinajstić information content (AvgIpc) is 2.88. The zero-order valence-corrected chi connectivity index (χ0v) is 15.4. The van der Waals surface area contributed by atoms with E-state index >= 15 is 0 Å². The number of carbonyl (C=O) groups is 1. The van der Waals surface area contributed by atoms with Gasteiger partial charge in [-0.2, -0.15) is 5.10 Å². The van der Waals surface area contributed by atoms with E-state index in [-0.39, 0.29) is 23.3 Å². The molecule has 1 fully saturated rings. The van der Waals surface area contributed by atoms with Gasteiger partial charge in [-0.05, 0) is 49.7 Å². The van der Waals surface area contributed by atoms with E-state index in [1.165, 1.54) is 23.2 Å². The summed E-state index contributed by atoms with van der Waals surface area (Å²) < 4.78 is 2.08. The molecule has 2 aliphatic carbocycles. The Morgan fingerprint density at radius 1 is 1.28 bits per heavy atom. The molecule has 4 rings (SSSR count). The van der Waals surface area contributed by atoms with Gasteiger partial charge in [-0.25, -0.2) is 4.68 Å². The third kappa shape index (κ3) is 2.99. The summed E-state index contributed by atoms with van der Waals surface area (Å²) in [5.74, 6) is 0.448. The van der Waals surface area contributed by atoms with Crippen LogP contribution in [0, 0.1) is 18.3 Å². The normalized spacial score (nSPS) is 22.1. The van der Waals surface area contributed by atoms with Crippen molar-refractivity contribution in [2.45, 2.75) is 58.9 Å². The van der Waals surface area contributed by atoms with Crippen LogP contribution in [0.4, 0.5) is 0 Å². The van der Waals surface area contributed by atoms with E-state index in [0.29, 0.717) is 0 Å². The van der Waals surface area contributed by atoms with Gasteiger partial charge in [-0.1, -0.05) is 38.5 Å². The number of aromatic nitrogens is 2. The minimum atomic E-state index is 0.0737. The topological polar surface area (TPSA) is 46.9 Å². The van der Waals surface area contributed by atoms with Crippen molar-refractivity contribution in [1.29, 1.82) is 0 Å². The Hall–Kier alpha value is -2.10. The molecule has 0 radical (unpaired) electrons. The van der Waals surface area contributed by atoms with Gasteiger partial charge >= 0.3 is 0 Å². The van der Waals surface area contributed by atoms with E-state index in [2.05, 4.69) is 55.0 Å². The van der Waals surface area contributed by atoms with Gasteiger partial charge in [0.2, 0.25) is 5.91 Å². The number of fused-ring (bicyclic) bond motifs is 1. The van der Waals surface area contributed by atoms with Crippen molar-refractivity contribution in [3.8, 4) is 5.69 Å². The van der Waals surface area contributed by atoms with Crippen LogP contribution in [0.25, 0.3) is 5.69 Å². The molecule has 4 nitrogen and oxygen atoms in total. The fourth-order valence-corrected chi connectivity index (χ4v) is 4.14. The lowest BCUT2D eigenvalue weighted by atomic mass is 9.74. The van der Waals surface area contributed by atoms with Gasteiger partial charge in [0.25, 0.3) is 0 Å². The summed E-state index contributed by atoms with van der Waals surface area (Å²) in [5.41, 5.74) is 4.92. The second-order valence-corrected chi connectivity index (χ2v) is 8.48. The lowest BCUT2D eigenvalue weighted by Gasteiger charge is -2.37. The van der Waals surface area contributed by atoms with Gasteiger partial charge < -0.3 is 5.32 Å². The standard InChI is InChI=1S/C21H27N3O/c1-14-7-4-5-10-18(14)24-19-12-21(2,3)11-17(16(19)13-22-24)23-20(25)15-8-6-9-15/h4-5,7,10,13,15,17H,6,8-9,11-12H2,1-3H3,(H,23,25)/t17-/m1/s1. The molecule has 25 heavy (non-hydrogen) atoms. The molecule has 0 aliphatic heterocycles. The van der Waals surface area contributed by atoms with Crippen molar-refractivity contribution in [2.24, 2.45) is 11.3 Å². The van der Waals surface area contributed by atoms with Crippen LogP contribution in [-0.4, -0.2) is 15.7 Å². The zero-order valence-electron chi connectivity index (χ0n) is 15.4. The monoisotopic (exact) mass is 337 g/mol. The molecule has 1 aromatic carbocycles. The molecule has 1 heterocycles. The summed E-state index contributed by atoms with van der Waals surface area (Å²) in [6, 6.07) is 8.42. The van der Waals surface area contributed by atoms with Crippen molar-refractivity contribution in [1.82, 2.24) is 15.1 Å². The summed E-state index contributed by atoms with van der Waals surface area (Å²) in [4.78, 5) is 12.5. The average molecular weight is 337 g/mol. The Bertz CT molecular complexity index is 801. The number of hydrogen-bond acceptors (Lipinski definition) is 2. The quantitative estimate of drug-likeness (QED) is 0.916. The molecular formula is C21H27N3O. The molecule has 2 aliphatic rings. The SMILES string of the molecule is Cc1ccccc1-n1ncc2c1CC(C)(C)C[C@H]2NC(=O)C1CCC1. The van der Waals surface area contributed by atoms with E-state index in [0.717, 1.165) is 31.4 Å². The Labute approximate surface area is 149 Å². The number of nitrogens with one attached hydrogen (secondary N) is 1. The van der Waals surface area contributed by atoms with E-state index in [4.69, 9.17) is 5.10 Å². The molecule has 0 spiro atoms. The molecule has 0 bridgehead atoms. The predicted octanol–water partition coefficient (Wildman–Crippen LogP) is 4.11. The van der Waals surface area contributed by atoms with E-state index < -0.39 is 0 Å². The van der Waals surface area contributed by atoms with Crippen LogP contribution in [0.1, 0.15) is 62.4 Å². The summed E-state index contributed by atoms with van der Waals surface area (Å²) >= 11 is 0. The van der Waals surface area contributed by atoms with Gasteiger partial charge in [0.15, 0.2) is 0 Å². The fraction of sp³-hybridized carbons (Fsp3) is 0.524. The van der Waals surface area contributed by atoms with Crippen molar-refractivity contribution in [3.63, 3.8) is 0 Å². The molecule has 2 aromatic rings. The van der Waals surface area contributed by atoms with Gasteiger partial charge in [0.1, 0.15) is 0 Å². The van der Waals surface area contributed by atoms with Gasteiger partial charge in [-0.3, -0.25) is 4.79 Å². The molecule has 132 valence electrons. The van der Waals surface area contributed by atoms with Crippen LogP contribution in [-0.2, 0) is 11.2 Å². The molecule has 1 aromatic heterocycles. The zero-order chi connectivity index (χ0) is 17.6. The van der Waals surface area contributed by atoms with Crippen LogP contribution >= 0.6 is 0 Å². The maximum atomic E-state index is 12.5. The van der Waals surface area contributed by atoms with Gasteiger partial charge in [-0.15, -0.1) is 0 Å². The van der Waals surface area contributed by atoms with Crippen LogP contribution in [0.5, 0.6) is 0 Å². The summed E-state index contributed by atoms with van der Waals surface area (Å²) in [6.07, 6.45) is 7.17. The lowest BCUT2D eigenvalue weighted by molar-refractivity contribution is -0.128. The maximum Gasteiger partial charge on any atom is 0.223 e. The van der Waals surface area contributed by atoms with Crippen LogP contribution < -0.4 is 5.32 Å². The number of rotatable bonds is 3. The van der Waals surface area contributed by atoms with Gasteiger partial charge in [0, 0.05) is 11.5 Å². The molecular weight excluding hydrogens is 310 g/mol. The van der Waals surface area contributed by atoms with Crippen LogP contribution in [0.3, 0.4) is 0 Å². The first-order valence-electron chi connectivity index (χ1n) is 9.38. The van der Waals surface area contributed by atoms with Crippen molar-refractivity contribution >= 4 is 5.91 Å². The number of para-hydroxylation sites is 1. The second kappa shape index (κ2) is 6.01. The third-order valence-electron chi connectivity index (χ3n) is 5.82. The van der Waals surface area contributed by atoms with Crippen molar-refractivity contribution in [2.75, 3.05) is 0 Å². The smallest absolute Gasteiger partial charge is 0.223 e. The number of aryl methyl sites for hydroxylation is 1.